The Labute approximate surface area is 131 Å². The van der Waals surface area contributed by atoms with E-state index in [4.69, 9.17) is 5.73 Å². The smallest absolute Gasteiger partial charge is 0.329 e. The molecule has 22 heavy (non-hydrogen) atoms. The van der Waals surface area contributed by atoms with Gasteiger partial charge in [0.1, 0.15) is 11.4 Å². The zero-order valence-corrected chi connectivity index (χ0v) is 13.4. The van der Waals surface area contributed by atoms with Gasteiger partial charge in [0, 0.05) is 11.9 Å². The standard InChI is InChI=1S/C15H17N3O3S/c1-8-4-5-9(2)11(6-8)22-7-10(19)12-13(16)18(3)15(21)17-14(12)20/h4-6H,7,16H2,1-3H3,(H,17,20,21). The number of benzene rings is 1. The number of nitrogen functional groups attached to an aromatic ring is 1. The van der Waals surface area contributed by atoms with E-state index in [-0.39, 0.29) is 17.1 Å². The molecule has 0 atom stereocenters. The van der Waals surface area contributed by atoms with Crippen LogP contribution in [0, 0.1) is 13.8 Å². The summed E-state index contributed by atoms with van der Waals surface area (Å²) >= 11 is 1.35. The maximum Gasteiger partial charge on any atom is 0.329 e. The molecule has 0 amide bonds. The van der Waals surface area contributed by atoms with Gasteiger partial charge in [-0.1, -0.05) is 17.7 Å². The first-order valence-corrected chi connectivity index (χ1v) is 7.62. The van der Waals surface area contributed by atoms with Crippen molar-refractivity contribution in [3.8, 4) is 0 Å². The zero-order valence-electron chi connectivity index (χ0n) is 12.6. The minimum atomic E-state index is -0.743. The summed E-state index contributed by atoms with van der Waals surface area (Å²) in [6.45, 7) is 3.93. The average Bonchev–Trinajstić information content (AvgIpc) is 2.46. The van der Waals surface area contributed by atoms with Crippen LogP contribution in [0.25, 0.3) is 0 Å². The molecule has 2 rings (SSSR count). The Balaban J connectivity index is 2.27. The maximum absolute atomic E-state index is 12.3. The lowest BCUT2D eigenvalue weighted by atomic mass is 10.2. The first kappa shape index (κ1) is 16.1. The van der Waals surface area contributed by atoms with E-state index in [1.807, 2.05) is 32.0 Å². The number of nitrogens with two attached hydrogens (primary N) is 1. The van der Waals surface area contributed by atoms with E-state index in [1.165, 1.54) is 18.8 Å². The summed E-state index contributed by atoms with van der Waals surface area (Å²) in [6.07, 6.45) is 0. The Hall–Kier alpha value is -2.28. The number of rotatable bonds is 4. The molecule has 0 aliphatic heterocycles. The van der Waals surface area contributed by atoms with Crippen molar-refractivity contribution in [3.05, 3.63) is 55.7 Å². The van der Waals surface area contributed by atoms with Crippen molar-refractivity contribution < 1.29 is 4.79 Å². The van der Waals surface area contributed by atoms with Crippen LogP contribution in [0.4, 0.5) is 5.82 Å². The van der Waals surface area contributed by atoms with E-state index in [0.29, 0.717) is 0 Å². The number of carbonyl (C=O) groups is 1. The molecule has 2 aromatic rings. The lowest BCUT2D eigenvalue weighted by Gasteiger charge is -2.09. The molecule has 7 heteroatoms. The van der Waals surface area contributed by atoms with Gasteiger partial charge in [0.25, 0.3) is 5.56 Å². The summed E-state index contributed by atoms with van der Waals surface area (Å²) in [4.78, 5) is 38.6. The third kappa shape index (κ3) is 3.14. The van der Waals surface area contributed by atoms with Crippen molar-refractivity contribution in [3.63, 3.8) is 0 Å². The lowest BCUT2D eigenvalue weighted by molar-refractivity contribution is 0.102. The first-order valence-electron chi connectivity index (χ1n) is 6.63. The fraction of sp³-hybridized carbons (Fsp3) is 0.267. The molecular formula is C15H17N3O3S. The van der Waals surface area contributed by atoms with Crippen molar-refractivity contribution >= 4 is 23.4 Å². The van der Waals surface area contributed by atoms with Crippen molar-refractivity contribution in [2.24, 2.45) is 7.05 Å². The van der Waals surface area contributed by atoms with Gasteiger partial charge in [-0.05, 0) is 25.5 Å². The van der Waals surface area contributed by atoms with Crippen molar-refractivity contribution in [1.29, 1.82) is 0 Å². The number of aromatic amines is 1. The Morgan fingerprint density at radius 1 is 1.32 bits per heavy atom. The van der Waals surface area contributed by atoms with Gasteiger partial charge in [-0.2, -0.15) is 0 Å². The predicted octanol–water partition coefficient (Wildman–Crippen LogP) is 1.25. The number of nitrogens with zero attached hydrogens (tertiary/aromatic N) is 1. The normalized spacial score (nSPS) is 10.7. The highest BCUT2D eigenvalue weighted by Crippen LogP contribution is 2.24. The Morgan fingerprint density at radius 3 is 2.68 bits per heavy atom. The summed E-state index contributed by atoms with van der Waals surface area (Å²) in [7, 11) is 1.40. The number of Topliss-reactive ketones (excluding diaryl/α,β-unsaturated/α-hetero) is 1. The topological polar surface area (TPSA) is 97.9 Å². The molecule has 0 bridgehead atoms. The van der Waals surface area contributed by atoms with Crippen LogP contribution >= 0.6 is 11.8 Å². The minimum absolute atomic E-state index is 0.0791. The Bertz CT molecular complexity index is 852. The van der Waals surface area contributed by atoms with Crippen LogP contribution in [0.1, 0.15) is 21.5 Å². The van der Waals surface area contributed by atoms with Gasteiger partial charge < -0.3 is 5.73 Å². The quantitative estimate of drug-likeness (QED) is 0.653. The lowest BCUT2D eigenvalue weighted by Crippen LogP contribution is -2.35. The summed E-state index contributed by atoms with van der Waals surface area (Å²) in [5.74, 6) is -0.434. The first-order chi connectivity index (χ1) is 10.3. The number of anilines is 1. The fourth-order valence-electron chi connectivity index (χ4n) is 1.98. The second-order valence-electron chi connectivity index (χ2n) is 5.06. The van der Waals surface area contributed by atoms with Crippen molar-refractivity contribution in [2.75, 3.05) is 11.5 Å². The van der Waals surface area contributed by atoms with Crippen LogP contribution in [0.5, 0.6) is 0 Å². The SMILES string of the molecule is Cc1ccc(C)c(SCC(=O)c2c(N)n(C)c(=O)[nH]c2=O)c1. The van der Waals surface area contributed by atoms with Gasteiger partial charge in [-0.15, -0.1) is 11.8 Å². The predicted molar refractivity (Wildman–Crippen MR) is 87.7 cm³/mol. The highest BCUT2D eigenvalue weighted by molar-refractivity contribution is 8.00. The van der Waals surface area contributed by atoms with Gasteiger partial charge in [0.05, 0.1) is 5.75 Å². The molecule has 1 aromatic heterocycles. The van der Waals surface area contributed by atoms with Gasteiger partial charge >= 0.3 is 5.69 Å². The minimum Gasteiger partial charge on any atom is -0.384 e. The van der Waals surface area contributed by atoms with Crippen molar-refractivity contribution in [1.82, 2.24) is 9.55 Å². The van der Waals surface area contributed by atoms with Crippen LogP contribution in [0.15, 0.2) is 32.7 Å². The molecule has 116 valence electrons. The average molecular weight is 319 g/mol. The monoisotopic (exact) mass is 319 g/mol. The number of ketones is 1. The van der Waals surface area contributed by atoms with E-state index in [2.05, 4.69) is 4.98 Å². The summed E-state index contributed by atoms with van der Waals surface area (Å²) in [5, 5.41) is 0. The van der Waals surface area contributed by atoms with Gasteiger partial charge in [-0.3, -0.25) is 19.1 Å². The molecule has 0 aliphatic rings. The number of hydrogen-bond donors (Lipinski definition) is 2. The number of nitrogens with one attached hydrogen (secondary N) is 1. The zero-order chi connectivity index (χ0) is 16.4. The van der Waals surface area contributed by atoms with Gasteiger partial charge in [0.2, 0.25) is 0 Å². The molecular weight excluding hydrogens is 302 g/mol. The molecule has 3 N–H and O–H groups in total. The third-order valence-corrected chi connectivity index (χ3v) is 4.51. The fourth-order valence-corrected chi connectivity index (χ4v) is 2.98. The van der Waals surface area contributed by atoms with E-state index >= 15 is 0 Å². The Kier molecular flexibility index (Phi) is 4.56. The van der Waals surface area contributed by atoms with E-state index in [9.17, 15) is 14.4 Å². The van der Waals surface area contributed by atoms with Crippen LogP contribution in [0.2, 0.25) is 0 Å². The summed E-state index contributed by atoms with van der Waals surface area (Å²) < 4.78 is 1.05. The molecule has 6 nitrogen and oxygen atoms in total. The van der Waals surface area contributed by atoms with Crippen LogP contribution in [-0.2, 0) is 7.05 Å². The molecule has 1 heterocycles. The summed E-state index contributed by atoms with van der Waals surface area (Å²) in [6, 6.07) is 5.97. The molecule has 1 aromatic carbocycles. The summed E-state index contributed by atoms with van der Waals surface area (Å²) in [5.41, 5.74) is 6.33. The third-order valence-electron chi connectivity index (χ3n) is 3.35. The molecule has 0 saturated carbocycles. The highest BCUT2D eigenvalue weighted by Gasteiger charge is 2.18. The largest absolute Gasteiger partial charge is 0.384 e. The molecule has 0 unspecified atom stereocenters. The van der Waals surface area contributed by atoms with Gasteiger partial charge in [0.15, 0.2) is 5.78 Å². The van der Waals surface area contributed by atoms with Crippen LogP contribution < -0.4 is 17.0 Å². The molecule has 0 spiro atoms. The number of aromatic nitrogens is 2. The van der Waals surface area contributed by atoms with E-state index in [1.54, 1.807) is 0 Å². The van der Waals surface area contributed by atoms with Gasteiger partial charge in [-0.25, -0.2) is 4.79 Å². The second kappa shape index (κ2) is 6.23. The van der Waals surface area contributed by atoms with E-state index < -0.39 is 17.0 Å². The number of hydrogen-bond acceptors (Lipinski definition) is 5. The van der Waals surface area contributed by atoms with Crippen LogP contribution in [0.3, 0.4) is 0 Å². The molecule has 0 radical (unpaired) electrons. The number of thioether (sulfide) groups is 1. The Morgan fingerprint density at radius 2 is 2.00 bits per heavy atom. The number of H-pyrrole nitrogens is 1. The molecule has 0 aliphatic carbocycles. The second-order valence-corrected chi connectivity index (χ2v) is 6.08. The van der Waals surface area contributed by atoms with Crippen LogP contribution in [-0.4, -0.2) is 21.1 Å². The molecule has 0 saturated heterocycles. The number of aryl methyl sites for hydroxylation is 2. The highest BCUT2D eigenvalue weighted by atomic mass is 32.2. The van der Waals surface area contributed by atoms with Crippen molar-refractivity contribution in [2.45, 2.75) is 18.7 Å². The van der Waals surface area contributed by atoms with E-state index in [0.717, 1.165) is 20.6 Å². The maximum atomic E-state index is 12.3. The number of carbonyl (C=O) groups excluding carboxylic acids is 1. The molecule has 0 fully saturated rings.